The van der Waals surface area contributed by atoms with E-state index in [2.05, 4.69) is 0 Å². The highest BCUT2D eigenvalue weighted by Crippen LogP contribution is 2.26. The third-order valence-corrected chi connectivity index (χ3v) is 3.83. The molecule has 2 atom stereocenters. The Hall–Kier alpha value is -0.910. The van der Waals surface area contributed by atoms with Crippen molar-refractivity contribution in [3.63, 3.8) is 0 Å². The van der Waals surface area contributed by atoms with E-state index in [-0.39, 0.29) is 6.10 Å². The number of hydrogen-bond donors (Lipinski definition) is 1. The van der Waals surface area contributed by atoms with E-state index in [9.17, 15) is 4.79 Å². The molecule has 2 heterocycles. The van der Waals surface area contributed by atoms with Gasteiger partial charge in [-0.2, -0.15) is 0 Å². The topological polar surface area (TPSA) is 49.8 Å². The van der Waals surface area contributed by atoms with Crippen LogP contribution >= 0.6 is 11.3 Å². The van der Waals surface area contributed by atoms with Crippen molar-refractivity contribution in [3.05, 3.63) is 22.4 Å². The second-order valence-corrected chi connectivity index (χ2v) is 4.86. The molecule has 0 radical (unpaired) electrons. The maximum atomic E-state index is 10.9. The molecule has 16 heavy (non-hydrogen) atoms. The van der Waals surface area contributed by atoms with Crippen molar-refractivity contribution in [1.29, 1.82) is 0 Å². The number of carboxylic acid groups (broad SMARTS) is 1. The highest BCUT2D eigenvalue weighted by molar-refractivity contribution is 7.10. The van der Waals surface area contributed by atoms with E-state index >= 15 is 0 Å². The zero-order valence-corrected chi connectivity index (χ0v) is 9.94. The lowest BCUT2D eigenvalue weighted by Crippen LogP contribution is -2.46. The predicted octanol–water partition coefficient (Wildman–Crippen LogP) is 1.59. The monoisotopic (exact) mass is 241 g/mol. The van der Waals surface area contributed by atoms with Crippen LogP contribution in [0.25, 0.3) is 0 Å². The predicted molar refractivity (Wildman–Crippen MR) is 61.7 cm³/mol. The van der Waals surface area contributed by atoms with Gasteiger partial charge in [0.1, 0.15) is 12.1 Å². The van der Waals surface area contributed by atoms with E-state index in [4.69, 9.17) is 9.84 Å². The van der Waals surface area contributed by atoms with Crippen LogP contribution in [0.4, 0.5) is 0 Å². The summed E-state index contributed by atoms with van der Waals surface area (Å²) in [6.45, 7) is 3.67. The molecule has 88 valence electrons. The van der Waals surface area contributed by atoms with Crippen LogP contribution in [-0.2, 0) is 9.53 Å². The van der Waals surface area contributed by atoms with Gasteiger partial charge in [0.15, 0.2) is 0 Å². The number of carbonyl (C=O) groups is 1. The average Bonchev–Trinajstić information content (AvgIpc) is 2.81. The van der Waals surface area contributed by atoms with Gasteiger partial charge in [-0.3, -0.25) is 9.69 Å². The first kappa shape index (κ1) is 11.6. The second-order valence-electron chi connectivity index (χ2n) is 3.88. The molecule has 1 N–H and O–H groups in total. The number of carboxylic acids is 1. The summed E-state index contributed by atoms with van der Waals surface area (Å²) < 4.78 is 5.66. The molecule has 4 nitrogen and oxygen atoms in total. The van der Waals surface area contributed by atoms with Crippen LogP contribution in [0.5, 0.6) is 0 Å². The number of morpholine rings is 1. The Morgan fingerprint density at radius 3 is 3.19 bits per heavy atom. The third kappa shape index (κ3) is 2.42. The summed E-state index contributed by atoms with van der Waals surface area (Å²) in [6, 6.07) is 3.58. The number of hydrogen-bond acceptors (Lipinski definition) is 4. The minimum absolute atomic E-state index is 0.0237. The van der Waals surface area contributed by atoms with Crippen molar-refractivity contribution >= 4 is 17.3 Å². The molecular formula is C11H15NO3S. The lowest BCUT2D eigenvalue weighted by Gasteiger charge is -2.34. The maximum absolute atomic E-state index is 10.9. The Morgan fingerprint density at radius 2 is 2.56 bits per heavy atom. The highest BCUT2D eigenvalue weighted by atomic mass is 32.1. The van der Waals surface area contributed by atoms with Gasteiger partial charge < -0.3 is 9.84 Å². The van der Waals surface area contributed by atoms with Gasteiger partial charge in [0.2, 0.25) is 0 Å². The minimum atomic E-state index is -0.771. The molecule has 1 aliphatic rings. The van der Waals surface area contributed by atoms with Gasteiger partial charge in [-0.15, -0.1) is 11.3 Å². The largest absolute Gasteiger partial charge is 0.480 e. The minimum Gasteiger partial charge on any atom is -0.480 e. The summed E-state index contributed by atoms with van der Waals surface area (Å²) in [5, 5.41) is 11.0. The fourth-order valence-electron chi connectivity index (χ4n) is 1.82. The maximum Gasteiger partial charge on any atom is 0.320 e. The lowest BCUT2D eigenvalue weighted by atomic mass is 10.2. The molecule has 0 aromatic carbocycles. The smallest absolute Gasteiger partial charge is 0.320 e. The van der Waals surface area contributed by atoms with Crippen LogP contribution in [0.15, 0.2) is 17.5 Å². The molecule has 5 heteroatoms. The van der Waals surface area contributed by atoms with Gasteiger partial charge in [-0.25, -0.2) is 0 Å². The highest BCUT2D eigenvalue weighted by Gasteiger charge is 2.28. The first-order valence-electron chi connectivity index (χ1n) is 5.30. The normalized spacial score (nSPS) is 24.2. The molecule has 1 aliphatic heterocycles. The van der Waals surface area contributed by atoms with Crippen LogP contribution in [0.2, 0.25) is 0 Å². The van der Waals surface area contributed by atoms with Gasteiger partial charge in [-0.05, 0) is 18.4 Å². The fraction of sp³-hybridized carbons (Fsp3) is 0.545. The first-order valence-corrected chi connectivity index (χ1v) is 6.18. The number of aliphatic carboxylic acids is 1. The summed E-state index contributed by atoms with van der Waals surface area (Å²) in [5.74, 6) is -0.771. The van der Waals surface area contributed by atoms with Crippen LogP contribution in [0, 0.1) is 0 Å². The van der Waals surface area contributed by atoms with E-state index in [1.165, 1.54) is 4.88 Å². The van der Waals surface area contributed by atoms with Gasteiger partial charge in [0.05, 0.1) is 6.61 Å². The van der Waals surface area contributed by atoms with Crippen molar-refractivity contribution in [2.45, 2.75) is 19.1 Å². The first-order chi connectivity index (χ1) is 7.68. The summed E-state index contributed by atoms with van der Waals surface area (Å²) in [4.78, 5) is 14.0. The summed E-state index contributed by atoms with van der Waals surface area (Å²) in [5.41, 5.74) is 0. The Bertz CT molecular complexity index is 352. The van der Waals surface area contributed by atoms with Crippen LogP contribution < -0.4 is 0 Å². The van der Waals surface area contributed by atoms with Crippen LogP contribution in [0.1, 0.15) is 17.9 Å². The zero-order chi connectivity index (χ0) is 11.5. The molecular weight excluding hydrogens is 226 g/mol. The SMILES string of the molecule is CC(C(=O)O)N1CCOC(c2cccs2)C1. The molecule has 0 bridgehead atoms. The summed E-state index contributed by atoms with van der Waals surface area (Å²) in [6.07, 6.45) is 0.0237. The Kier molecular flexibility index (Phi) is 3.58. The Morgan fingerprint density at radius 1 is 1.75 bits per heavy atom. The van der Waals surface area contributed by atoms with E-state index in [0.717, 1.165) is 0 Å². The molecule has 1 saturated heterocycles. The van der Waals surface area contributed by atoms with E-state index in [1.807, 2.05) is 22.4 Å². The molecule has 0 aliphatic carbocycles. The molecule has 1 aromatic rings. The van der Waals surface area contributed by atoms with Gasteiger partial charge >= 0.3 is 5.97 Å². The van der Waals surface area contributed by atoms with Gasteiger partial charge in [0, 0.05) is 18.0 Å². The fourth-order valence-corrected chi connectivity index (χ4v) is 2.59. The molecule has 1 fully saturated rings. The number of thiophene rings is 1. The second kappa shape index (κ2) is 4.95. The quantitative estimate of drug-likeness (QED) is 0.873. The molecule has 0 amide bonds. The van der Waals surface area contributed by atoms with Crippen molar-refractivity contribution in [2.24, 2.45) is 0 Å². The van der Waals surface area contributed by atoms with E-state index < -0.39 is 12.0 Å². The molecule has 2 rings (SSSR count). The average molecular weight is 241 g/mol. The van der Waals surface area contributed by atoms with Crippen molar-refractivity contribution < 1.29 is 14.6 Å². The van der Waals surface area contributed by atoms with E-state index in [0.29, 0.717) is 19.7 Å². The third-order valence-electron chi connectivity index (χ3n) is 2.86. The Balaban J connectivity index is 2.02. The van der Waals surface area contributed by atoms with Crippen molar-refractivity contribution in [2.75, 3.05) is 19.7 Å². The summed E-state index contributed by atoms with van der Waals surface area (Å²) >= 11 is 1.65. The molecule has 0 spiro atoms. The van der Waals surface area contributed by atoms with Crippen molar-refractivity contribution in [3.8, 4) is 0 Å². The zero-order valence-electron chi connectivity index (χ0n) is 9.13. The number of nitrogens with zero attached hydrogens (tertiary/aromatic N) is 1. The van der Waals surface area contributed by atoms with Crippen LogP contribution in [0.3, 0.4) is 0 Å². The number of ether oxygens (including phenoxy) is 1. The summed E-state index contributed by atoms with van der Waals surface area (Å²) in [7, 11) is 0. The van der Waals surface area contributed by atoms with E-state index in [1.54, 1.807) is 18.3 Å². The van der Waals surface area contributed by atoms with Gasteiger partial charge in [-0.1, -0.05) is 6.07 Å². The molecule has 0 saturated carbocycles. The van der Waals surface area contributed by atoms with Crippen LogP contribution in [-0.4, -0.2) is 41.7 Å². The standard InChI is InChI=1S/C11H15NO3S/c1-8(11(13)14)12-4-5-15-9(7-12)10-3-2-6-16-10/h2-3,6,8-9H,4-5,7H2,1H3,(H,13,14). The molecule has 1 aromatic heterocycles. The van der Waals surface area contributed by atoms with Gasteiger partial charge in [0.25, 0.3) is 0 Å². The molecule has 2 unspecified atom stereocenters. The van der Waals surface area contributed by atoms with Crippen molar-refractivity contribution in [1.82, 2.24) is 4.90 Å². The lowest BCUT2D eigenvalue weighted by molar-refractivity contribution is -0.145. The number of rotatable bonds is 3. The Labute approximate surface area is 98.4 Å².